The van der Waals surface area contributed by atoms with Crippen molar-refractivity contribution >= 4 is 53.7 Å². The van der Waals surface area contributed by atoms with Crippen molar-refractivity contribution in [2.24, 2.45) is 0 Å². The van der Waals surface area contributed by atoms with E-state index in [0.717, 1.165) is 0 Å². The molecule has 0 aromatic carbocycles. The SMILES string of the molecule is C=C(C)C(=O)OCCOC(=O)CCC(=O)OCC(O)Cn1c(=O)n(CC(O)COC(=O)CCC(=O)OCCOC(=O)C(=C)C)c(=O)n(CC(O)COC(=O)CCC(=O)OCCOC(=O)C(=C)C)c1=O. The molecule has 0 amide bonds. The van der Waals surface area contributed by atoms with Crippen molar-refractivity contribution in [3.8, 4) is 0 Å². The Morgan fingerprint density at radius 2 is 0.565 bits per heavy atom. The second kappa shape index (κ2) is 31.7. The van der Waals surface area contributed by atoms with Crippen LogP contribution in [0.1, 0.15) is 59.3 Å². The molecule has 0 saturated heterocycles. The summed E-state index contributed by atoms with van der Waals surface area (Å²) in [7, 11) is 0. The molecular formula is C42H57N3O24. The summed E-state index contributed by atoms with van der Waals surface area (Å²) in [6, 6.07) is 0. The molecule has 0 radical (unpaired) electrons. The predicted octanol–water partition coefficient (Wildman–Crippen LogP) is -2.79. The summed E-state index contributed by atoms with van der Waals surface area (Å²) in [5.41, 5.74) is -3.94. The van der Waals surface area contributed by atoms with Gasteiger partial charge in [-0.15, -0.1) is 0 Å². The van der Waals surface area contributed by atoms with Crippen LogP contribution in [0.25, 0.3) is 0 Å². The first-order valence-corrected chi connectivity index (χ1v) is 20.8. The molecule has 3 atom stereocenters. The molecule has 0 saturated carbocycles. The minimum atomic E-state index is -1.83. The molecule has 1 heterocycles. The van der Waals surface area contributed by atoms with Gasteiger partial charge in [0.15, 0.2) is 0 Å². The largest absolute Gasteiger partial charge is 0.463 e. The second-order valence-electron chi connectivity index (χ2n) is 14.6. The lowest BCUT2D eigenvalue weighted by Gasteiger charge is -2.19. The van der Waals surface area contributed by atoms with E-state index in [0.29, 0.717) is 0 Å². The van der Waals surface area contributed by atoms with Crippen LogP contribution in [-0.4, -0.2) is 161 Å². The standard InChI is InChI=1S/C42H57N3O24/c1-25(2)37(55)64-16-13-61-31(49)7-10-34(52)67-22-28(46)19-43-40(58)44(20-29(47)23-68-35(53)11-8-32(50)62-14-17-65-38(56)26(3)4)42(60)45(41(43)59)21-30(48)24-69-36(54)12-9-33(51)63-15-18-66-39(57)27(5)6/h28-30,46-48H,1,3,5,7-24H2,2,4,6H3. The van der Waals surface area contributed by atoms with Gasteiger partial charge in [-0.2, -0.15) is 0 Å². The van der Waals surface area contributed by atoms with Gasteiger partial charge >= 0.3 is 70.8 Å². The first kappa shape index (κ1) is 59.8. The van der Waals surface area contributed by atoms with Gasteiger partial charge in [0.05, 0.1) is 58.2 Å². The Balaban J connectivity index is 3.03. The van der Waals surface area contributed by atoms with Crippen molar-refractivity contribution in [2.75, 3.05) is 59.5 Å². The third-order valence-corrected chi connectivity index (χ3v) is 8.26. The van der Waals surface area contributed by atoms with Crippen LogP contribution in [0.2, 0.25) is 0 Å². The van der Waals surface area contributed by atoms with Gasteiger partial charge in [-0.1, -0.05) is 19.7 Å². The minimum absolute atomic E-state index is 0.124. The van der Waals surface area contributed by atoms with Gasteiger partial charge in [-0.25, -0.2) is 42.5 Å². The van der Waals surface area contributed by atoms with Crippen molar-refractivity contribution in [1.82, 2.24) is 13.7 Å². The van der Waals surface area contributed by atoms with Crippen molar-refractivity contribution in [2.45, 2.75) is 97.2 Å². The number of aliphatic hydroxyl groups is 3. The van der Waals surface area contributed by atoms with E-state index in [9.17, 15) is 72.9 Å². The summed E-state index contributed by atoms with van der Waals surface area (Å²) in [5.74, 6) is -7.78. The lowest BCUT2D eigenvalue weighted by molar-refractivity contribution is -0.154. The molecule has 3 unspecified atom stereocenters. The van der Waals surface area contributed by atoms with Crippen LogP contribution in [-0.2, 0) is 105 Å². The van der Waals surface area contributed by atoms with E-state index in [1.54, 1.807) is 0 Å². The number of esters is 9. The summed E-state index contributed by atoms with van der Waals surface area (Å²) < 4.78 is 44.4. The molecule has 0 fully saturated rings. The number of hydrogen-bond acceptors (Lipinski definition) is 24. The van der Waals surface area contributed by atoms with Crippen LogP contribution in [0.4, 0.5) is 0 Å². The Morgan fingerprint density at radius 1 is 0.377 bits per heavy atom. The number of hydrogen-bond donors (Lipinski definition) is 3. The number of ether oxygens (including phenoxy) is 9. The number of carbonyl (C=O) groups excluding carboxylic acids is 9. The quantitative estimate of drug-likeness (QED) is 0.0277. The Morgan fingerprint density at radius 3 is 0.768 bits per heavy atom. The van der Waals surface area contributed by atoms with E-state index in [1.165, 1.54) is 20.8 Å². The molecule has 0 aliphatic rings. The summed E-state index contributed by atoms with van der Waals surface area (Å²) in [5, 5.41) is 32.0. The Bertz CT molecular complexity index is 1950. The van der Waals surface area contributed by atoms with E-state index < -0.39 is 167 Å². The summed E-state index contributed by atoms with van der Waals surface area (Å²) >= 11 is 0. The first-order valence-electron chi connectivity index (χ1n) is 20.8. The predicted molar refractivity (Wildman–Crippen MR) is 228 cm³/mol. The zero-order valence-electron chi connectivity index (χ0n) is 38.3. The molecule has 3 N–H and O–H groups in total. The van der Waals surface area contributed by atoms with Gasteiger partial charge in [0, 0.05) is 16.7 Å². The molecule has 69 heavy (non-hydrogen) atoms. The van der Waals surface area contributed by atoms with E-state index >= 15 is 0 Å². The maximum atomic E-state index is 13.5. The van der Waals surface area contributed by atoms with Crippen LogP contribution in [0.5, 0.6) is 0 Å². The zero-order valence-corrected chi connectivity index (χ0v) is 38.3. The maximum absolute atomic E-state index is 13.5. The highest BCUT2D eigenvalue weighted by Crippen LogP contribution is 2.03. The molecule has 0 bridgehead atoms. The molecule has 0 aliphatic heterocycles. The number of carbonyl (C=O) groups is 9. The molecule has 1 aromatic heterocycles. The number of aromatic nitrogens is 3. The summed E-state index contributed by atoms with van der Waals surface area (Å²) in [6.45, 7) is 7.14. The minimum Gasteiger partial charge on any atom is -0.463 e. The Labute approximate surface area is 392 Å². The molecular weight excluding hydrogens is 930 g/mol. The summed E-state index contributed by atoms with van der Waals surface area (Å²) in [4.78, 5) is 147. The topological polar surface area (TPSA) is 363 Å². The number of rotatable bonds is 33. The Hall–Kier alpha value is -7.26. The van der Waals surface area contributed by atoms with Crippen molar-refractivity contribution in [3.05, 3.63) is 67.9 Å². The molecule has 384 valence electrons. The lowest BCUT2D eigenvalue weighted by Crippen LogP contribution is -2.57. The normalized spacial score (nSPS) is 11.9. The third kappa shape index (κ3) is 24.9. The van der Waals surface area contributed by atoms with Gasteiger partial charge in [0.2, 0.25) is 0 Å². The second-order valence-corrected chi connectivity index (χ2v) is 14.6. The highest BCUT2D eigenvalue weighted by Gasteiger charge is 2.24. The van der Waals surface area contributed by atoms with Crippen LogP contribution < -0.4 is 17.1 Å². The fourth-order valence-electron chi connectivity index (χ4n) is 4.79. The first-order chi connectivity index (χ1) is 32.4. The Kier molecular flexibility index (Phi) is 27.4. The van der Waals surface area contributed by atoms with E-state index in [4.69, 9.17) is 42.6 Å². The van der Waals surface area contributed by atoms with Crippen molar-refractivity contribution in [1.29, 1.82) is 0 Å². The van der Waals surface area contributed by atoms with Crippen LogP contribution >= 0.6 is 0 Å². The number of nitrogens with zero attached hydrogens (tertiary/aromatic N) is 3. The highest BCUT2D eigenvalue weighted by atomic mass is 16.6. The van der Waals surface area contributed by atoms with Crippen LogP contribution in [0.3, 0.4) is 0 Å². The molecule has 27 heteroatoms. The highest BCUT2D eigenvalue weighted by molar-refractivity contribution is 5.88. The van der Waals surface area contributed by atoms with Gasteiger partial charge in [0.25, 0.3) is 0 Å². The van der Waals surface area contributed by atoms with Crippen LogP contribution in [0, 0.1) is 0 Å². The van der Waals surface area contributed by atoms with Gasteiger partial charge in [0.1, 0.15) is 77.8 Å². The van der Waals surface area contributed by atoms with Crippen LogP contribution in [0.15, 0.2) is 50.8 Å². The maximum Gasteiger partial charge on any atom is 0.336 e. The van der Waals surface area contributed by atoms with Gasteiger partial charge in [-0.3, -0.25) is 28.8 Å². The van der Waals surface area contributed by atoms with Gasteiger partial charge < -0.3 is 58.0 Å². The molecule has 27 nitrogen and oxygen atoms in total. The fourth-order valence-corrected chi connectivity index (χ4v) is 4.79. The molecule has 0 aliphatic carbocycles. The lowest BCUT2D eigenvalue weighted by atomic mass is 10.3. The van der Waals surface area contributed by atoms with Crippen molar-refractivity contribution in [3.63, 3.8) is 0 Å². The van der Waals surface area contributed by atoms with Crippen molar-refractivity contribution < 1.29 is 101 Å². The fraction of sp³-hybridized carbons (Fsp3) is 0.571. The smallest absolute Gasteiger partial charge is 0.336 e. The summed E-state index contributed by atoms with van der Waals surface area (Å²) in [6.07, 6.45) is -8.59. The molecule has 0 spiro atoms. The van der Waals surface area contributed by atoms with E-state index in [-0.39, 0.29) is 70.1 Å². The van der Waals surface area contributed by atoms with Gasteiger partial charge in [-0.05, 0) is 20.8 Å². The van der Waals surface area contributed by atoms with E-state index in [2.05, 4.69) is 19.7 Å². The number of aliphatic hydroxyl groups excluding tert-OH is 3. The molecule has 1 rings (SSSR count). The third-order valence-electron chi connectivity index (χ3n) is 8.26. The average Bonchev–Trinajstić information content (AvgIpc) is 3.30. The molecule has 1 aromatic rings. The zero-order chi connectivity index (χ0) is 52.2. The van der Waals surface area contributed by atoms with E-state index in [1.807, 2.05) is 0 Å². The average molecular weight is 988 g/mol. The monoisotopic (exact) mass is 987 g/mol.